The molecule has 2 atom stereocenters. The summed E-state index contributed by atoms with van der Waals surface area (Å²) < 4.78 is 18.2. The average molecular weight is 223 g/mol. The molecule has 1 aliphatic heterocycles. The third kappa shape index (κ3) is 2.60. The van der Waals surface area contributed by atoms with Crippen molar-refractivity contribution in [3.05, 3.63) is 35.9 Å². The second kappa shape index (κ2) is 5.41. The lowest BCUT2D eigenvalue weighted by atomic mass is 10.2. The largest absolute Gasteiger partial charge is 0.380 e. The first-order valence-corrected chi connectivity index (χ1v) is 5.70. The molecule has 1 heterocycles. The third-order valence-electron chi connectivity index (χ3n) is 3.23. The van der Waals surface area contributed by atoms with Gasteiger partial charge in [-0.25, -0.2) is 4.39 Å². The molecule has 1 fully saturated rings. The van der Waals surface area contributed by atoms with Gasteiger partial charge in [-0.1, -0.05) is 30.3 Å². The van der Waals surface area contributed by atoms with Gasteiger partial charge in [0.05, 0.1) is 6.10 Å². The van der Waals surface area contributed by atoms with Crippen LogP contribution in [0.4, 0.5) is 4.39 Å². The van der Waals surface area contributed by atoms with Crippen LogP contribution >= 0.6 is 0 Å². The van der Waals surface area contributed by atoms with Crippen LogP contribution in [-0.2, 0) is 11.3 Å². The number of nitrogens with zero attached hydrogens (tertiary/aromatic N) is 1. The molecule has 0 aromatic heterocycles. The number of rotatable bonds is 4. The fourth-order valence-electron chi connectivity index (χ4n) is 2.28. The molecule has 0 amide bonds. The van der Waals surface area contributed by atoms with Crippen molar-refractivity contribution in [2.75, 3.05) is 20.3 Å². The Morgan fingerprint density at radius 3 is 2.75 bits per heavy atom. The van der Waals surface area contributed by atoms with Gasteiger partial charge in [-0.3, -0.25) is 4.90 Å². The summed E-state index contributed by atoms with van der Waals surface area (Å²) in [4.78, 5) is 2.17. The standard InChI is InChI=1S/C13H18FNO/c1-16-13-7-12(8-14)15(10-13)9-11-5-3-2-4-6-11/h2-6,12-13H,7-10H2,1H3/t12-,13+/m0/s1. The predicted molar refractivity (Wildman–Crippen MR) is 62.0 cm³/mol. The van der Waals surface area contributed by atoms with Crippen LogP contribution in [0.5, 0.6) is 0 Å². The minimum Gasteiger partial charge on any atom is -0.380 e. The molecule has 1 aromatic rings. The molecule has 1 aliphatic rings. The van der Waals surface area contributed by atoms with E-state index in [1.54, 1.807) is 7.11 Å². The van der Waals surface area contributed by atoms with Gasteiger partial charge in [0, 0.05) is 26.2 Å². The molecule has 1 saturated heterocycles. The molecule has 88 valence electrons. The Bertz CT molecular complexity index is 317. The molecule has 0 N–H and O–H groups in total. The molecule has 1 aromatic carbocycles. The third-order valence-corrected chi connectivity index (χ3v) is 3.23. The van der Waals surface area contributed by atoms with E-state index in [0.717, 1.165) is 19.5 Å². The zero-order chi connectivity index (χ0) is 11.4. The van der Waals surface area contributed by atoms with Crippen molar-refractivity contribution in [2.45, 2.75) is 25.1 Å². The van der Waals surface area contributed by atoms with Gasteiger partial charge in [0.2, 0.25) is 0 Å². The Balaban J connectivity index is 1.98. The second-order valence-corrected chi connectivity index (χ2v) is 4.32. The van der Waals surface area contributed by atoms with Crippen molar-refractivity contribution in [1.29, 1.82) is 0 Å². The highest BCUT2D eigenvalue weighted by Crippen LogP contribution is 2.22. The van der Waals surface area contributed by atoms with E-state index < -0.39 is 0 Å². The fourth-order valence-corrected chi connectivity index (χ4v) is 2.28. The van der Waals surface area contributed by atoms with E-state index in [1.807, 2.05) is 18.2 Å². The maximum Gasteiger partial charge on any atom is 0.105 e. The summed E-state index contributed by atoms with van der Waals surface area (Å²) in [5.74, 6) is 0. The number of methoxy groups -OCH3 is 1. The molecule has 3 heteroatoms. The van der Waals surface area contributed by atoms with Crippen LogP contribution in [0.15, 0.2) is 30.3 Å². The first-order valence-electron chi connectivity index (χ1n) is 5.70. The Morgan fingerprint density at radius 2 is 2.12 bits per heavy atom. The van der Waals surface area contributed by atoms with E-state index >= 15 is 0 Å². The fraction of sp³-hybridized carbons (Fsp3) is 0.538. The van der Waals surface area contributed by atoms with Crippen LogP contribution in [0.1, 0.15) is 12.0 Å². The van der Waals surface area contributed by atoms with Crippen LogP contribution in [0.25, 0.3) is 0 Å². The minimum atomic E-state index is -0.285. The lowest BCUT2D eigenvalue weighted by molar-refractivity contribution is 0.107. The molecule has 0 unspecified atom stereocenters. The molecule has 0 saturated carbocycles. The maximum atomic E-state index is 12.9. The summed E-state index contributed by atoms with van der Waals surface area (Å²) in [6.45, 7) is 1.36. The molecular formula is C13H18FNO. The quantitative estimate of drug-likeness (QED) is 0.776. The molecule has 0 spiro atoms. The summed E-state index contributed by atoms with van der Waals surface area (Å²) in [5, 5.41) is 0. The SMILES string of the molecule is CO[C@@H]1C[C@@H](CF)N(Cc2ccccc2)C1. The van der Waals surface area contributed by atoms with Crippen LogP contribution in [-0.4, -0.2) is 37.4 Å². The number of ether oxygens (including phenoxy) is 1. The molecule has 16 heavy (non-hydrogen) atoms. The number of hydrogen-bond acceptors (Lipinski definition) is 2. The summed E-state index contributed by atoms with van der Waals surface area (Å²) in [5.41, 5.74) is 1.23. The maximum absolute atomic E-state index is 12.9. The Morgan fingerprint density at radius 1 is 1.38 bits per heavy atom. The number of likely N-dealkylation sites (tertiary alicyclic amines) is 1. The average Bonchev–Trinajstić information content (AvgIpc) is 2.73. The molecule has 2 nitrogen and oxygen atoms in total. The normalized spacial score (nSPS) is 26.1. The first kappa shape index (κ1) is 11.6. The van der Waals surface area contributed by atoms with Gasteiger partial charge in [-0.2, -0.15) is 0 Å². The number of halogens is 1. The van der Waals surface area contributed by atoms with Crippen LogP contribution < -0.4 is 0 Å². The van der Waals surface area contributed by atoms with E-state index in [9.17, 15) is 4.39 Å². The molecule has 2 rings (SSSR count). The zero-order valence-corrected chi connectivity index (χ0v) is 9.60. The second-order valence-electron chi connectivity index (χ2n) is 4.32. The van der Waals surface area contributed by atoms with Crippen LogP contribution in [0.3, 0.4) is 0 Å². The van der Waals surface area contributed by atoms with Crippen LogP contribution in [0.2, 0.25) is 0 Å². The Kier molecular flexibility index (Phi) is 3.91. The van der Waals surface area contributed by atoms with Gasteiger partial charge < -0.3 is 4.74 Å². The smallest absolute Gasteiger partial charge is 0.105 e. The van der Waals surface area contributed by atoms with Gasteiger partial charge in [0.25, 0.3) is 0 Å². The van der Waals surface area contributed by atoms with Gasteiger partial charge in [-0.15, -0.1) is 0 Å². The number of hydrogen-bond donors (Lipinski definition) is 0. The predicted octanol–water partition coefficient (Wildman–Crippen LogP) is 2.25. The van der Waals surface area contributed by atoms with E-state index in [0.29, 0.717) is 0 Å². The van der Waals surface area contributed by atoms with Gasteiger partial charge in [0.15, 0.2) is 0 Å². The van der Waals surface area contributed by atoms with E-state index in [4.69, 9.17) is 4.74 Å². The highest BCUT2D eigenvalue weighted by Gasteiger charge is 2.31. The van der Waals surface area contributed by atoms with Crippen molar-refractivity contribution in [3.63, 3.8) is 0 Å². The Hall–Kier alpha value is -0.930. The molecule has 0 aliphatic carbocycles. The molecular weight excluding hydrogens is 205 g/mol. The summed E-state index contributed by atoms with van der Waals surface area (Å²) in [6.07, 6.45) is 0.990. The van der Waals surface area contributed by atoms with E-state index in [-0.39, 0.29) is 18.8 Å². The number of benzene rings is 1. The van der Waals surface area contributed by atoms with Crippen molar-refractivity contribution < 1.29 is 9.13 Å². The van der Waals surface area contributed by atoms with E-state index in [1.165, 1.54) is 5.56 Å². The summed E-state index contributed by atoms with van der Waals surface area (Å²) >= 11 is 0. The summed E-state index contributed by atoms with van der Waals surface area (Å²) in [6, 6.07) is 10.2. The highest BCUT2D eigenvalue weighted by molar-refractivity contribution is 5.15. The highest BCUT2D eigenvalue weighted by atomic mass is 19.1. The van der Waals surface area contributed by atoms with Gasteiger partial charge in [-0.05, 0) is 12.0 Å². The van der Waals surface area contributed by atoms with Gasteiger partial charge >= 0.3 is 0 Å². The minimum absolute atomic E-state index is 0.0187. The Labute approximate surface area is 96.0 Å². The van der Waals surface area contributed by atoms with Crippen molar-refractivity contribution in [3.8, 4) is 0 Å². The van der Waals surface area contributed by atoms with Crippen molar-refractivity contribution >= 4 is 0 Å². The lowest BCUT2D eigenvalue weighted by Crippen LogP contribution is -2.30. The van der Waals surface area contributed by atoms with Gasteiger partial charge in [0.1, 0.15) is 6.67 Å². The first-order chi connectivity index (χ1) is 7.83. The van der Waals surface area contributed by atoms with Crippen molar-refractivity contribution in [1.82, 2.24) is 4.90 Å². The van der Waals surface area contributed by atoms with Crippen molar-refractivity contribution in [2.24, 2.45) is 0 Å². The molecule has 0 bridgehead atoms. The topological polar surface area (TPSA) is 12.5 Å². The number of alkyl halides is 1. The monoisotopic (exact) mass is 223 g/mol. The summed E-state index contributed by atoms with van der Waals surface area (Å²) in [7, 11) is 1.70. The molecule has 0 radical (unpaired) electrons. The van der Waals surface area contributed by atoms with E-state index in [2.05, 4.69) is 17.0 Å². The van der Waals surface area contributed by atoms with Crippen LogP contribution in [0, 0.1) is 0 Å². The zero-order valence-electron chi connectivity index (χ0n) is 9.60. The lowest BCUT2D eigenvalue weighted by Gasteiger charge is -2.21.